The van der Waals surface area contributed by atoms with Crippen LogP contribution >= 0.6 is 0 Å². The number of aromatic amines is 1. The SMILES string of the molecule is N#Cc1c(-c2ccccc2)nc(NN=Cc2ccc(N3CCCC3)cc2)[nH]c1=O. The summed E-state index contributed by atoms with van der Waals surface area (Å²) in [6.45, 7) is 2.22. The molecule has 0 saturated carbocycles. The molecule has 0 aliphatic carbocycles. The first-order chi connectivity index (χ1) is 14.2. The van der Waals surface area contributed by atoms with Gasteiger partial charge in [-0.2, -0.15) is 10.4 Å². The number of aromatic nitrogens is 2. The van der Waals surface area contributed by atoms with Crippen LogP contribution in [0.15, 0.2) is 64.5 Å². The van der Waals surface area contributed by atoms with E-state index in [2.05, 4.69) is 37.5 Å². The number of nitriles is 1. The molecule has 0 atom stereocenters. The maximum absolute atomic E-state index is 12.2. The molecule has 2 heterocycles. The highest BCUT2D eigenvalue weighted by Crippen LogP contribution is 2.21. The maximum Gasteiger partial charge on any atom is 0.270 e. The molecule has 1 aliphatic rings. The van der Waals surface area contributed by atoms with Crippen molar-refractivity contribution in [1.29, 1.82) is 5.26 Å². The van der Waals surface area contributed by atoms with Crippen molar-refractivity contribution in [2.24, 2.45) is 5.10 Å². The van der Waals surface area contributed by atoms with Crippen molar-refractivity contribution < 1.29 is 0 Å². The van der Waals surface area contributed by atoms with Gasteiger partial charge in [-0.3, -0.25) is 9.78 Å². The molecule has 2 aromatic carbocycles. The van der Waals surface area contributed by atoms with Crippen molar-refractivity contribution in [1.82, 2.24) is 9.97 Å². The number of nitrogens with zero attached hydrogens (tertiary/aromatic N) is 4. The van der Waals surface area contributed by atoms with Gasteiger partial charge in [-0.25, -0.2) is 10.4 Å². The van der Waals surface area contributed by atoms with E-state index in [9.17, 15) is 10.1 Å². The van der Waals surface area contributed by atoms with Crippen LogP contribution in [0.3, 0.4) is 0 Å². The Morgan fingerprint density at radius 3 is 2.52 bits per heavy atom. The molecule has 4 rings (SSSR count). The van der Waals surface area contributed by atoms with Gasteiger partial charge in [-0.05, 0) is 30.5 Å². The van der Waals surface area contributed by atoms with Crippen molar-refractivity contribution in [2.75, 3.05) is 23.4 Å². The van der Waals surface area contributed by atoms with Gasteiger partial charge in [0, 0.05) is 24.3 Å². The number of benzene rings is 2. The van der Waals surface area contributed by atoms with Crippen molar-refractivity contribution in [3.05, 3.63) is 76.1 Å². The van der Waals surface area contributed by atoms with Crippen molar-refractivity contribution in [3.63, 3.8) is 0 Å². The fraction of sp³-hybridized carbons (Fsp3) is 0.182. The van der Waals surface area contributed by atoms with Crippen molar-refractivity contribution in [2.45, 2.75) is 12.8 Å². The average molecular weight is 384 g/mol. The van der Waals surface area contributed by atoms with Gasteiger partial charge in [-0.15, -0.1) is 0 Å². The maximum atomic E-state index is 12.2. The lowest BCUT2D eigenvalue weighted by Crippen LogP contribution is -2.17. The molecular formula is C22H20N6O. The Bertz CT molecular complexity index is 1110. The van der Waals surface area contributed by atoms with E-state index >= 15 is 0 Å². The van der Waals surface area contributed by atoms with Crippen LogP contribution in [0.1, 0.15) is 24.0 Å². The van der Waals surface area contributed by atoms with Crippen LogP contribution in [-0.4, -0.2) is 29.3 Å². The summed E-state index contributed by atoms with van der Waals surface area (Å²) >= 11 is 0. The number of hydrazone groups is 1. The minimum atomic E-state index is -0.506. The summed E-state index contributed by atoms with van der Waals surface area (Å²) in [6.07, 6.45) is 4.15. The minimum Gasteiger partial charge on any atom is -0.372 e. The molecule has 0 bridgehead atoms. The van der Waals surface area contributed by atoms with Gasteiger partial charge >= 0.3 is 0 Å². The van der Waals surface area contributed by atoms with Gasteiger partial charge < -0.3 is 4.90 Å². The summed E-state index contributed by atoms with van der Waals surface area (Å²) in [6, 6.07) is 19.2. The van der Waals surface area contributed by atoms with E-state index in [1.807, 2.05) is 36.4 Å². The van der Waals surface area contributed by atoms with E-state index in [1.165, 1.54) is 18.5 Å². The quantitative estimate of drug-likeness (QED) is 0.519. The first kappa shape index (κ1) is 18.4. The van der Waals surface area contributed by atoms with Crippen LogP contribution in [0.5, 0.6) is 0 Å². The number of anilines is 2. The molecule has 3 aromatic rings. The summed E-state index contributed by atoms with van der Waals surface area (Å²) in [7, 11) is 0. The van der Waals surface area contributed by atoms with Crippen LogP contribution < -0.4 is 15.9 Å². The highest BCUT2D eigenvalue weighted by Gasteiger charge is 2.13. The second-order valence-electron chi connectivity index (χ2n) is 6.77. The lowest BCUT2D eigenvalue weighted by Gasteiger charge is -2.17. The van der Waals surface area contributed by atoms with Gasteiger partial charge in [-0.1, -0.05) is 42.5 Å². The fourth-order valence-electron chi connectivity index (χ4n) is 3.35. The minimum absolute atomic E-state index is 0.0248. The van der Waals surface area contributed by atoms with E-state index in [-0.39, 0.29) is 11.5 Å². The summed E-state index contributed by atoms with van der Waals surface area (Å²) in [5.41, 5.74) is 5.39. The van der Waals surface area contributed by atoms with E-state index in [0.717, 1.165) is 18.7 Å². The molecule has 29 heavy (non-hydrogen) atoms. The third kappa shape index (κ3) is 4.17. The summed E-state index contributed by atoms with van der Waals surface area (Å²) in [5.74, 6) is 0.179. The van der Waals surface area contributed by atoms with Crippen LogP contribution in [0, 0.1) is 11.3 Å². The summed E-state index contributed by atoms with van der Waals surface area (Å²) in [5, 5.41) is 13.5. The van der Waals surface area contributed by atoms with E-state index in [0.29, 0.717) is 11.3 Å². The Morgan fingerprint density at radius 2 is 1.83 bits per heavy atom. The third-order valence-electron chi connectivity index (χ3n) is 4.83. The van der Waals surface area contributed by atoms with Gasteiger partial charge in [0.05, 0.1) is 11.9 Å². The fourth-order valence-corrected chi connectivity index (χ4v) is 3.35. The number of rotatable bonds is 5. The Hall–Kier alpha value is -3.92. The molecule has 2 N–H and O–H groups in total. The Labute approximate surface area is 168 Å². The second kappa shape index (κ2) is 8.40. The molecule has 7 nitrogen and oxygen atoms in total. The van der Waals surface area contributed by atoms with E-state index in [4.69, 9.17) is 0 Å². The normalized spacial score (nSPS) is 13.6. The molecular weight excluding hydrogens is 364 g/mol. The van der Waals surface area contributed by atoms with Gasteiger partial charge in [0.2, 0.25) is 5.95 Å². The van der Waals surface area contributed by atoms with Gasteiger partial charge in [0.15, 0.2) is 0 Å². The third-order valence-corrected chi connectivity index (χ3v) is 4.83. The van der Waals surface area contributed by atoms with Gasteiger partial charge in [0.25, 0.3) is 5.56 Å². The predicted octanol–water partition coefficient (Wildman–Crippen LogP) is 3.35. The second-order valence-corrected chi connectivity index (χ2v) is 6.77. The molecule has 1 fully saturated rings. The van der Waals surface area contributed by atoms with Crippen LogP contribution in [0.2, 0.25) is 0 Å². The standard InChI is InChI=1S/C22H20N6O/c23-14-19-20(17-6-2-1-3-7-17)25-22(26-21(19)29)27-24-15-16-8-10-18(11-9-16)28-12-4-5-13-28/h1-3,6-11,15H,4-5,12-13H2,(H2,25,26,27,29). The molecule has 1 aromatic heterocycles. The number of nitrogens with one attached hydrogen (secondary N) is 2. The lowest BCUT2D eigenvalue weighted by atomic mass is 10.1. The highest BCUT2D eigenvalue weighted by molar-refractivity contribution is 5.81. The Balaban J connectivity index is 1.52. The molecule has 144 valence electrons. The largest absolute Gasteiger partial charge is 0.372 e. The molecule has 1 aliphatic heterocycles. The van der Waals surface area contributed by atoms with E-state index < -0.39 is 5.56 Å². The van der Waals surface area contributed by atoms with Gasteiger partial charge in [0.1, 0.15) is 11.6 Å². The van der Waals surface area contributed by atoms with E-state index in [1.54, 1.807) is 18.3 Å². The number of hydrogen-bond acceptors (Lipinski definition) is 6. The van der Waals surface area contributed by atoms with Crippen LogP contribution in [-0.2, 0) is 0 Å². The number of hydrogen-bond donors (Lipinski definition) is 2. The Kier molecular flexibility index (Phi) is 5.34. The predicted molar refractivity (Wildman–Crippen MR) is 114 cm³/mol. The van der Waals surface area contributed by atoms with Crippen LogP contribution in [0.25, 0.3) is 11.3 Å². The molecule has 0 amide bonds. The first-order valence-corrected chi connectivity index (χ1v) is 9.48. The molecule has 1 saturated heterocycles. The van der Waals surface area contributed by atoms with Crippen molar-refractivity contribution in [3.8, 4) is 17.3 Å². The van der Waals surface area contributed by atoms with Crippen molar-refractivity contribution >= 4 is 17.9 Å². The first-order valence-electron chi connectivity index (χ1n) is 9.48. The molecule has 0 spiro atoms. The zero-order valence-corrected chi connectivity index (χ0v) is 15.8. The zero-order chi connectivity index (χ0) is 20.1. The monoisotopic (exact) mass is 384 g/mol. The summed E-state index contributed by atoms with van der Waals surface area (Å²) in [4.78, 5) is 21.5. The topological polar surface area (TPSA) is 97.2 Å². The van der Waals surface area contributed by atoms with Crippen LogP contribution in [0.4, 0.5) is 11.6 Å². The average Bonchev–Trinajstić information content (AvgIpc) is 3.29. The Morgan fingerprint density at radius 1 is 1.10 bits per heavy atom. The number of H-pyrrole nitrogens is 1. The zero-order valence-electron chi connectivity index (χ0n) is 15.8. The highest BCUT2D eigenvalue weighted by atomic mass is 16.1. The molecule has 0 unspecified atom stereocenters. The summed E-state index contributed by atoms with van der Waals surface area (Å²) < 4.78 is 0. The lowest BCUT2D eigenvalue weighted by molar-refractivity contribution is 0.949. The molecule has 0 radical (unpaired) electrons. The smallest absolute Gasteiger partial charge is 0.270 e. The molecule has 7 heteroatoms.